The van der Waals surface area contributed by atoms with Crippen LogP contribution >= 0.6 is 15.9 Å². The third-order valence-electron chi connectivity index (χ3n) is 2.79. The molecule has 0 fully saturated rings. The summed E-state index contributed by atoms with van der Waals surface area (Å²) in [5.74, 6) is 0. The largest absolute Gasteiger partial charge is 0.373 e. The van der Waals surface area contributed by atoms with Gasteiger partial charge in [0.25, 0.3) is 0 Å². The molecule has 3 nitrogen and oxygen atoms in total. The summed E-state index contributed by atoms with van der Waals surface area (Å²) >= 11 is 3.44. The fourth-order valence-electron chi connectivity index (χ4n) is 1.95. The lowest BCUT2D eigenvalue weighted by Crippen LogP contribution is -2.17. The first-order chi connectivity index (χ1) is 7.84. The van der Waals surface area contributed by atoms with Crippen molar-refractivity contribution in [1.29, 1.82) is 0 Å². The number of hydrogen-bond acceptors (Lipinski definition) is 2. The van der Waals surface area contributed by atoms with Crippen molar-refractivity contribution in [3.8, 4) is 11.1 Å². The van der Waals surface area contributed by atoms with Gasteiger partial charge in [-0.15, -0.1) is 0 Å². The van der Waals surface area contributed by atoms with E-state index in [4.69, 9.17) is 4.74 Å². The molecule has 0 bridgehead atoms. The molecule has 0 saturated heterocycles. The van der Waals surface area contributed by atoms with Crippen molar-refractivity contribution in [3.63, 3.8) is 0 Å². The maximum atomic E-state index is 5.47. The Morgan fingerprint density at radius 1 is 1.25 bits per heavy atom. The average Bonchev–Trinajstić information content (AvgIpc) is 2.74. The number of nitrogens with zero attached hydrogens (tertiary/aromatic N) is 2. The van der Waals surface area contributed by atoms with Crippen molar-refractivity contribution < 1.29 is 4.74 Å². The lowest BCUT2D eigenvalue weighted by atomic mass is 10.1. The molecule has 0 spiro atoms. The van der Waals surface area contributed by atoms with Gasteiger partial charge in [0.1, 0.15) is 0 Å². The molecule has 0 saturated carbocycles. The van der Waals surface area contributed by atoms with E-state index in [0.717, 1.165) is 17.6 Å². The van der Waals surface area contributed by atoms with Gasteiger partial charge in [-0.2, -0.15) is 5.10 Å². The summed E-state index contributed by atoms with van der Waals surface area (Å²) in [5.41, 5.74) is 3.54. The molecule has 4 heteroatoms. The fourth-order valence-corrected chi connectivity index (χ4v) is 2.21. The lowest BCUT2D eigenvalue weighted by molar-refractivity contribution is 0.0804. The first kappa shape index (κ1) is 10.1. The molecule has 2 heterocycles. The van der Waals surface area contributed by atoms with E-state index in [1.165, 1.54) is 16.8 Å². The molecule has 1 aliphatic heterocycles. The van der Waals surface area contributed by atoms with Crippen molar-refractivity contribution in [2.45, 2.75) is 13.2 Å². The Balaban J connectivity index is 2.06. The molecular formula is C12H11BrN2O. The molecule has 1 aromatic heterocycles. The minimum absolute atomic E-state index is 0.658. The highest BCUT2D eigenvalue weighted by Gasteiger charge is 2.15. The van der Waals surface area contributed by atoms with Gasteiger partial charge < -0.3 is 4.74 Å². The van der Waals surface area contributed by atoms with Gasteiger partial charge in [-0.25, -0.2) is 0 Å². The first-order valence-corrected chi connectivity index (χ1v) is 6.02. The van der Waals surface area contributed by atoms with Crippen LogP contribution in [-0.4, -0.2) is 16.4 Å². The molecule has 3 rings (SSSR count). The molecule has 0 aliphatic carbocycles. The normalized spacial score (nSPS) is 14.8. The Morgan fingerprint density at radius 2 is 2.06 bits per heavy atom. The number of ether oxygens (including phenoxy) is 1. The minimum atomic E-state index is 0.658. The highest BCUT2D eigenvalue weighted by atomic mass is 79.9. The number of hydrogen-bond donors (Lipinski definition) is 0. The highest BCUT2D eigenvalue weighted by Crippen LogP contribution is 2.27. The van der Waals surface area contributed by atoms with Crippen molar-refractivity contribution in [3.05, 3.63) is 40.6 Å². The van der Waals surface area contributed by atoms with E-state index in [9.17, 15) is 0 Å². The Morgan fingerprint density at radius 3 is 2.88 bits per heavy atom. The van der Waals surface area contributed by atoms with Crippen LogP contribution in [0.3, 0.4) is 0 Å². The molecule has 0 unspecified atom stereocenters. The van der Waals surface area contributed by atoms with Crippen LogP contribution in [0, 0.1) is 0 Å². The quantitative estimate of drug-likeness (QED) is 0.802. The summed E-state index contributed by atoms with van der Waals surface area (Å²) in [6.07, 6.45) is 1.92. The van der Waals surface area contributed by atoms with E-state index in [0.29, 0.717) is 6.61 Å². The summed E-state index contributed by atoms with van der Waals surface area (Å²) < 4.78 is 8.59. The maximum Gasteiger partial charge on any atom is 0.0892 e. The van der Waals surface area contributed by atoms with Gasteiger partial charge >= 0.3 is 0 Å². The van der Waals surface area contributed by atoms with Gasteiger partial charge in [-0.05, 0) is 17.7 Å². The second-order valence-corrected chi connectivity index (χ2v) is 4.70. The summed E-state index contributed by atoms with van der Waals surface area (Å²) in [6, 6.07) is 8.28. The number of aromatic nitrogens is 2. The van der Waals surface area contributed by atoms with Gasteiger partial charge in [0.2, 0.25) is 0 Å². The molecule has 0 N–H and O–H groups in total. The van der Waals surface area contributed by atoms with Crippen molar-refractivity contribution >= 4 is 15.9 Å². The second kappa shape index (κ2) is 4.03. The van der Waals surface area contributed by atoms with Crippen LogP contribution in [0.15, 0.2) is 34.9 Å². The smallest absolute Gasteiger partial charge is 0.0892 e. The van der Waals surface area contributed by atoms with Gasteiger partial charge in [0.15, 0.2) is 0 Å². The minimum Gasteiger partial charge on any atom is -0.373 e. The van der Waals surface area contributed by atoms with E-state index in [-0.39, 0.29) is 0 Å². The van der Waals surface area contributed by atoms with E-state index >= 15 is 0 Å². The highest BCUT2D eigenvalue weighted by molar-refractivity contribution is 9.10. The van der Waals surface area contributed by atoms with Crippen LogP contribution in [0.5, 0.6) is 0 Å². The third-order valence-corrected chi connectivity index (χ3v) is 3.32. The third kappa shape index (κ3) is 1.68. The molecular weight excluding hydrogens is 268 g/mol. The number of benzene rings is 1. The van der Waals surface area contributed by atoms with E-state index in [1.807, 2.05) is 23.0 Å². The Bertz CT molecular complexity index is 504. The SMILES string of the molecule is Brc1ccc(-c2cnn3c2COCC3)cc1. The van der Waals surface area contributed by atoms with E-state index < -0.39 is 0 Å². The summed E-state index contributed by atoms with van der Waals surface area (Å²) in [6.45, 7) is 2.27. The molecule has 16 heavy (non-hydrogen) atoms. The first-order valence-electron chi connectivity index (χ1n) is 5.23. The van der Waals surface area contributed by atoms with Crippen LogP contribution in [0.4, 0.5) is 0 Å². The Labute approximate surface area is 102 Å². The van der Waals surface area contributed by atoms with Crippen LogP contribution in [-0.2, 0) is 17.9 Å². The van der Waals surface area contributed by atoms with Crippen molar-refractivity contribution in [1.82, 2.24) is 9.78 Å². The van der Waals surface area contributed by atoms with E-state index in [1.54, 1.807) is 0 Å². The monoisotopic (exact) mass is 278 g/mol. The summed E-state index contributed by atoms with van der Waals surface area (Å²) in [4.78, 5) is 0. The zero-order chi connectivity index (χ0) is 11.0. The summed E-state index contributed by atoms with van der Waals surface area (Å²) in [7, 11) is 0. The van der Waals surface area contributed by atoms with Gasteiger partial charge in [-0.3, -0.25) is 4.68 Å². The van der Waals surface area contributed by atoms with Crippen LogP contribution in [0.25, 0.3) is 11.1 Å². The molecule has 0 amide bonds. The second-order valence-electron chi connectivity index (χ2n) is 3.79. The maximum absolute atomic E-state index is 5.47. The summed E-state index contributed by atoms with van der Waals surface area (Å²) in [5, 5.41) is 4.38. The molecule has 1 aliphatic rings. The zero-order valence-corrected chi connectivity index (χ0v) is 10.3. The predicted molar refractivity (Wildman–Crippen MR) is 65.0 cm³/mol. The van der Waals surface area contributed by atoms with Crippen LogP contribution in [0.1, 0.15) is 5.69 Å². The molecule has 1 aromatic carbocycles. The predicted octanol–water partition coefficient (Wildman–Crippen LogP) is 2.84. The lowest BCUT2D eigenvalue weighted by Gasteiger charge is -2.15. The number of fused-ring (bicyclic) bond motifs is 1. The molecule has 0 atom stereocenters. The van der Waals surface area contributed by atoms with Crippen molar-refractivity contribution in [2.24, 2.45) is 0 Å². The van der Waals surface area contributed by atoms with Crippen molar-refractivity contribution in [2.75, 3.05) is 6.61 Å². The fraction of sp³-hybridized carbons (Fsp3) is 0.250. The van der Waals surface area contributed by atoms with Crippen LogP contribution in [0.2, 0.25) is 0 Å². The molecule has 0 radical (unpaired) electrons. The topological polar surface area (TPSA) is 27.1 Å². The Kier molecular flexibility index (Phi) is 2.53. The zero-order valence-electron chi connectivity index (χ0n) is 8.69. The van der Waals surface area contributed by atoms with Gasteiger partial charge in [-0.1, -0.05) is 28.1 Å². The Hall–Kier alpha value is -1.13. The van der Waals surface area contributed by atoms with Gasteiger partial charge in [0.05, 0.1) is 31.6 Å². The standard InChI is InChI=1S/C12H11BrN2O/c13-10-3-1-9(2-4-10)11-7-14-15-5-6-16-8-12(11)15/h1-4,7H,5-6,8H2. The van der Waals surface area contributed by atoms with Crippen LogP contribution < -0.4 is 0 Å². The van der Waals surface area contributed by atoms with E-state index in [2.05, 4.69) is 33.2 Å². The molecule has 82 valence electrons. The molecule has 2 aromatic rings. The van der Waals surface area contributed by atoms with Gasteiger partial charge in [0, 0.05) is 10.0 Å². The average molecular weight is 279 g/mol. The number of halogens is 1. The number of rotatable bonds is 1.